The number of nitrogens with one attached hydrogen (secondary N) is 1. The number of fused-ring (bicyclic) bond motifs is 1. The molecule has 2 heterocycles. The zero-order valence-electron chi connectivity index (χ0n) is 8.94. The minimum absolute atomic E-state index is 0.844. The van der Waals surface area contributed by atoms with Gasteiger partial charge in [0.25, 0.3) is 0 Å². The van der Waals surface area contributed by atoms with Gasteiger partial charge in [-0.2, -0.15) is 0 Å². The van der Waals surface area contributed by atoms with Crippen molar-refractivity contribution in [3.63, 3.8) is 0 Å². The van der Waals surface area contributed by atoms with Crippen LogP contribution in [0.1, 0.15) is 21.7 Å². The van der Waals surface area contributed by atoms with Crippen molar-refractivity contribution in [2.45, 2.75) is 25.8 Å². The normalized spacial score (nSPS) is 13.8. The van der Waals surface area contributed by atoms with E-state index in [0.29, 0.717) is 0 Å². The van der Waals surface area contributed by atoms with E-state index < -0.39 is 0 Å². The summed E-state index contributed by atoms with van der Waals surface area (Å²) in [6, 6.07) is 2.33. The Hall–Kier alpha value is -1.42. The van der Waals surface area contributed by atoms with Crippen LogP contribution < -0.4 is 5.32 Å². The standard InChI is InChI=1S/C12H13N3S/c1-2-9-6-10(16-11(9)3-1)7-15-12-8-13-4-5-14-12/h4-6,8H,1-3,7H2,(H,14,15). The van der Waals surface area contributed by atoms with Gasteiger partial charge in [-0.25, -0.2) is 4.98 Å². The van der Waals surface area contributed by atoms with Gasteiger partial charge in [0.15, 0.2) is 0 Å². The Morgan fingerprint density at radius 2 is 2.31 bits per heavy atom. The maximum atomic E-state index is 4.19. The van der Waals surface area contributed by atoms with Crippen LogP contribution in [0.15, 0.2) is 24.7 Å². The quantitative estimate of drug-likeness (QED) is 0.882. The molecule has 0 saturated carbocycles. The topological polar surface area (TPSA) is 37.8 Å². The fourth-order valence-electron chi connectivity index (χ4n) is 2.05. The molecule has 0 aromatic carbocycles. The predicted octanol–water partition coefficient (Wildman–Crippen LogP) is 2.64. The first-order chi connectivity index (χ1) is 7.92. The molecular weight excluding hydrogens is 218 g/mol. The number of anilines is 1. The van der Waals surface area contributed by atoms with Crippen LogP contribution in [-0.4, -0.2) is 9.97 Å². The van der Waals surface area contributed by atoms with Crippen LogP contribution in [-0.2, 0) is 19.4 Å². The van der Waals surface area contributed by atoms with Gasteiger partial charge in [-0.3, -0.25) is 4.98 Å². The third-order valence-corrected chi connectivity index (χ3v) is 4.04. The lowest BCUT2D eigenvalue weighted by molar-refractivity contribution is 0.913. The molecule has 0 unspecified atom stereocenters. The number of hydrogen-bond donors (Lipinski definition) is 1. The van der Waals surface area contributed by atoms with Crippen LogP contribution in [0.2, 0.25) is 0 Å². The monoisotopic (exact) mass is 231 g/mol. The van der Waals surface area contributed by atoms with Gasteiger partial charge in [0.1, 0.15) is 5.82 Å². The number of thiophene rings is 1. The summed E-state index contributed by atoms with van der Waals surface area (Å²) < 4.78 is 0. The highest BCUT2D eigenvalue weighted by molar-refractivity contribution is 7.12. The molecule has 82 valence electrons. The zero-order valence-corrected chi connectivity index (χ0v) is 9.76. The molecule has 3 rings (SSSR count). The molecule has 2 aromatic heterocycles. The maximum Gasteiger partial charge on any atom is 0.144 e. The van der Waals surface area contributed by atoms with Crippen LogP contribution in [0.4, 0.5) is 5.82 Å². The molecule has 0 spiro atoms. The average molecular weight is 231 g/mol. The van der Waals surface area contributed by atoms with E-state index in [1.807, 2.05) is 11.3 Å². The van der Waals surface area contributed by atoms with E-state index in [-0.39, 0.29) is 0 Å². The maximum absolute atomic E-state index is 4.19. The van der Waals surface area contributed by atoms with Gasteiger partial charge in [0.2, 0.25) is 0 Å². The van der Waals surface area contributed by atoms with Crippen molar-refractivity contribution < 1.29 is 0 Å². The second-order valence-electron chi connectivity index (χ2n) is 3.96. The zero-order chi connectivity index (χ0) is 10.8. The molecule has 2 aromatic rings. The smallest absolute Gasteiger partial charge is 0.144 e. The van der Waals surface area contributed by atoms with Crippen LogP contribution in [0.3, 0.4) is 0 Å². The Balaban J connectivity index is 1.67. The Kier molecular flexibility index (Phi) is 2.58. The highest BCUT2D eigenvalue weighted by Gasteiger charge is 2.14. The number of aromatic nitrogens is 2. The molecule has 1 aliphatic carbocycles. The van der Waals surface area contributed by atoms with E-state index in [4.69, 9.17) is 0 Å². The van der Waals surface area contributed by atoms with Crippen LogP contribution >= 0.6 is 11.3 Å². The lowest BCUT2D eigenvalue weighted by atomic mass is 10.2. The van der Waals surface area contributed by atoms with E-state index >= 15 is 0 Å². The lowest BCUT2D eigenvalue weighted by Gasteiger charge is -2.01. The Morgan fingerprint density at radius 3 is 3.12 bits per heavy atom. The Morgan fingerprint density at radius 1 is 1.31 bits per heavy atom. The molecule has 3 nitrogen and oxygen atoms in total. The second-order valence-corrected chi connectivity index (χ2v) is 5.18. The second kappa shape index (κ2) is 4.22. The van der Waals surface area contributed by atoms with Crippen molar-refractivity contribution in [1.82, 2.24) is 9.97 Å². The summed E-state index contributed by atoms with van der Waals surface area (Å²) in [5.74, 6) is 0.844. The third kappa shape index (κ3) is 1.93. The summed E-state index contributed by atoms with van der Waals surface area (Å²) in [6.45, 7) is 0.858. The molecule has 0 amide bonds. The Bertz CT molecular complexity index is 457. The number of aryl methyl sites for hydroxylation is 2. The van der Waals surface area contributed by atoms with Crippen molar-refractivity contribution >= 4 is 17.2 Å². The highest BCUT2D eigenvalue weighted by Crippen LogP contribution is 2.30. The Labute approximate surface area is 98.6 Å². The molecule has 1 N–H and O–H groups in total. The number of rotatable bonds is 3. The summed E-state index contributed by atoms with van der Waals surface area (Å²) in [5, 5.41) is 3.29. The summed E-state index contributed by atoms with van der Waals surface area (Å²) in [5.41, 5.74) is 1.56. The molecule has 0 aliphatic heterocycles. The minimum atomic E-state index is 0.844. The predicted molar refractivity (Wildman–Crippen MR) is 65.7 cm³/mol. The van der Waals surface area contributed by atoms with E-state index in [1.165, 1.54) is 24.1 Å². The van der Waals surface area contributed by atoms with Gasteiger partial charge in [-0.15, -0.1) is 11.3 Å². The van der Waals surface area contributed by atoms with E-state index in [9.17, 15) is 0 Å². The minimum Gasteiger partial charge on any atom is -0.364 e. The largest absolute Gasteiger partial charge is 0.364 e. The SMILES string of the molecule is c1cnc(NCc2cc3c(s2)CCC3)cn1. The molecule has 0 radical (unpaired) electrons. The first kappa shape index (κ1) is 9.78. The third-order valence-electron chi connectivity index (χ3n) is 2.80. The molecule has 4 heteroatoms. The summed E-state index contributed by atoms with van der Waals surface area (Å²) >= 11 is 1.93. The molecular formula is C12H13N3S. The van der Waals surface area contributed by atoms with E-state index in [1.54, 1.807) is 29.0 Å². The molecule has 0 bridgehead atoms. The molecule has 0 fully saturated rings. The molecule has 0 atom stereocenters. The summed E-state index contributed by atoms with van der Waals surface area (Å²) in [4.78, 5) is 11.2. The van der Waals surface area contributed by atoms with Gasteiger partial charge in [0.05, 0.1) is 12.7 Å². The van der Waals surface area contributed by atoms with Gasteiger partial charge < -0.3 is 5.32 Å². The van der Waals surface area contributed by atoms with Crippen molar-refractivity contribution in [3.05, 3.63) is 40.0 Å². The van der Waals surface area contributed by atoms with E-state index in [0.717, 1.165) is 12.4 Å². The number of hydrogen-bond acceptors (Lipinski definition) is 4. The number of nitrogens with zero attached hydrogens (tertiary/aromatic N) is 2. The van der Waals surface area contributed by atoms with Crippen LogP contribution in [0, 0.1) is 0 Å². The molecule has 16 heavy (non-hydrogen) atoms. The van der Waals surface area contributed by atoms with E-state index in [2.05, 4.69) is 21.4 Å². The molecule has 1 aliphatic rings. The summed E-state index contributed by atoms with van der Waals surface area (Å²) in [7, 11) is 0. The van der Waals surface area contributed by atoms with Gasteiger partial charge in [-0.05, 0) is 30.9 Å². The average Bonchev–Trinajstić information content (AvgIpc) is 2.88. The van der Waals surface area contributed by atoms with Gasteiger partial charge >= 0.3 is 0 Å². The fraction of sp³-hybridized carbons (Fsp3) is 0.333. The highest BCUT2D eigenvalue weighted by atomic mass is 32.1. The first-order valence-corrected chi connectivity index (χ1v) is 6.34. The van der Waals surface area contributed by atoms with Gasteiger partial charge in [0, 0.05) is 22.1 Å². The van der Waals surface area contributed by atoms with Crippen LogP contribution in [0.25, 0.3) is 0 Å². The lowest BCUT2D eigenvalue weighted by Crippen LogP contribution is -1.99. The van der Waals surface area contributed by atoms with Crippen molar-refractivity contribution in [1.29, 1.82) is 0 Å². The van der Waals surface area contributed by atoms with Crippen molar-refractivity contribution in [3.8, 4) is 0 Å². The van der Waals surface area contributed by atoms with Crippen molar-refractivity contribution in [2.24, 2.45) is 0 Å². The fourth-order valence-corrected chi connectivity index (χ4v) is 3.25. The van der Waals surface area contributed by atoms with Crippen molar-refractivity contribution in [2.75, 3.05) is 5.32 Å². The first-order valence-electron chi connectivity index (χ1n) is 5.52. The van der Waals surface area contributed by atoms with Crippen LogP contribution in [0.5, 0.6) is 0 Å². The van der Waals surface area contributed by atoms with Gasteiger partial charge in [-0.1, -0.05) is 0 Å². The molecule has 0 saturated heterocycles. The summed E-state index contributed by atoms with van der Waals surface area (Å²) in [6.07, 6.45) is 9.00.